The predicted molar refractivity (Wildman–Crippen MR) is 97.5 cm³/mol. The Kier molecular flexibility index (Phi) is 9.36. The minimum absolute atomic E-state index is 0.00367. The van der Waals surface area contributed by atoms with E-state index in [9.17, 15) is 18.0 Å². The smallest absolute Gasteiger partial charge is 0.408 e. The molecule has 0 aliphatic carbocycles. The lowest BCUT2D eigenvalue weighted by Crippen LogP contribution is -2.43. The van der Waals surface area contributed by atoms with Gasteiger partial charge in [-0.15, -0.1) is 0 Å². The standard InChI is InChI=1S/C16H23NO6S2/c1-2-9-25(21,22)10-8-24-12-14(15(18)19)17-16(20)23-11-13-6-4-3-5-7-13/h3-7,14H,2,8-12H2,1H3,(H,17,20)(H,18,19). The number of carbonyl (C=O) groups excluding carboxylic acids is 1. The number of sulfone groups is 1. The van der Waals surface area contributed by atoms with Gasteiger partial charge in [0, 0.05) is 17.3 Å². The van der Waals surface area contributed by atoms with Crippen LogP contribution in [0.4, 0.5) is 4.79 Å². The highest BCUT2D eigenvalue weighted by Gasteiger charge is 2.21. The topological polar surface area (TPSA) is 110 Å². The molecule has 0 bridgehead atoms. The van der Waals surface area contributed by atoms with Gasteiger partial charge in [0.1, 0.15) is 12.6 Å². The van der Waals surface area contributed by atoms with E-state index in [2.05, 4.69) is 5.32 Å². The van der Waals surface area contributed by atoms with Gasteiger partial charge in [-0.3, -0.25) is 0 Å². The van der Waals surface area contributed by atoms with Crippen LogP contribution in [0.3, 0.4) is 0 Å². The Morgan fingerprint density at radius 1 is 1.24 bits per heavy atom. The SMILES string of the molecule is CCCS(=O)(=O)CCSCC(NC(=O)OCc1ccccc1)C(=O)O. The first-order chi connectivity index (χ1) is 11.8. The lowest BCUT2D eigenvalue weighted by Gasteiger charge is -2.14. The quantitative estimate of drug-likeness (QED) is 0.556. The first kappa shape index (κ1) is 21.3. The second kappa shape index (κ2) is 11.0. The van der Waals surface area contributed by atoms with Crippen molar-refractivity contribution in [3.8, 4) is 0 Å². The Morgan fingerprint density at radius 3 is 2.52 bits per heavy atom. The summed E-state index contributed by atoms with van der Waals surface area (Å²) < 4.78 is 28.2. The van der Waals surface area contributed by atoms with Crippen LogP contribution in [0.5, 0.6) is 0 Å². The van der Waals surface area contributed by atoms with Crippen molar-refractivity contribution in [1.82, 2.24) is 5.32 Å². The molecule has 0 heterocycles. The summed E-state index contributed by atoms with van der Waals surface area (Å²) in [4.78, 5) is 22.9. The van der Waals surface area contributed by atoms with E-state index < -0.39 is 27.9 Å². The fraction of sp³-hybridized carbons (Fsp3) is 0.500. The molecule has 1 aromatic rings. The number of aliphatic carboxylic acids is 1. The molecule has 1 atom stereocenters. The Morgan fingerprint density at radius 2 is 1.92 bits per heavy atom. The average Bonchev–Trinajstić information content (AvgIpc) is 2.56. The number of thioether (sulfide) groups is 1. The van der Waals surface area contributed by atoms with Crippen LogP contribution in [-0.4, -0.2) is 54.6 Å². The van der Waals surface area contributed by atoms with Gasteiger partial charge in [0.15, 0.2) is 9.84 Å². The molecule has 9 heteroatoms. The zero-order valence-corrected chi connectivity index (χ0v) is 15.6. The molecule has 1 amide bonds. The first-order valence-electron chi connectivity index (χ1n) is 7.82. The largest absolute Gasteiger partial charge is 0.480 e. The van der Waals surface area contributed by atoms with Gasteiger partial charge in [-0.2, -0.15) is 11.8 Å². The molecular formula is C16H23NO6S2. The number of nitrogens with one attached hydrogen (secondary N) is 1. The second-order valence-electron chi connectivity index (χ2n) is 5.32. The Hall–Kier alpha value is -1.74. The molecule has 0 spiro atoms. The van der Waals surface area contributed by atoms with Crippen LogP contribution in [0.1, 0.15) is 18.9 Å². The summed E-state index contributed by atoms with van der Waals surface area (Å²) in [6, 6.07) is 7.88. The van der Waals surface area contributed by atoms with E-state index in [1.807, 2.05) is 6.07 Å². The van der Waals surface area contributed by atoms with E-state index in [1.54, 1.807) is 31.2 Å². The molecule has 0 aliphatic heterocycles. The van der Waals surface area contributed by atoms with E-state index in [4.69, 9.17) is 9.84 Å². The van der Waals surface area contributed by atoms with Crippen LogP contribution in [0.25, 0.3) is 0 Å². The van der Waals surface area contributed by atoms with Crippen LogP contribution in [-0.2, 0) is 26.0 Å². The van der Waals surface area contributed by atoms with Crippen LogP contribution in [0.15, 0.2) is 30.3 Å². The van der Waals surface area contributed by atoms with Crippen molar-refractivity contribution in [2.45, 2.75) is 26.0 Å². The van der Waals surface area contributed by atoms with Crippen molar-refractivity contribution in [3.63, 3.8) is 0 Å². The molecule has 1 rings (SSSR count). The number of benzene rings is 1. The maximum absolute atomic E-state index is 11.7. The molecule has 2 N–H and O–H groups in total. The minimum atomic E-state index is -3.09. The molecule has 0 saturated heterocycles. The monoisotopic (exact) mass is 389 g/mol. The van der Waals surface area contributed by atoms with Gasteiger partial charge in [-0.25, -0.2) is 18.0 Å². The number of carboxylic acid groups (broad SMARTS) is 1. The Bertz CT molecular complexity index is 648. The third-order valence-electron chi connectivity index (χ3n) is 3.14. The fourth-order valence-corrected chi connectivity index (χ4v) is 4.82. The molecule has 0 fully saturated rings. The summed E-state index contributed by atoms with van der Waals surface area (Å²) in [6.07, 6.45) is -0.269. The lowest BCUT2D eigenvalue weighted by atomic mass is 10.2. The zero-order valence-electron chi connectivity index (χ0n) is 14.0. The van der Waals surface area contributed by atoms with Gasteiger partial charge >= 0.3 is 12.1 Å². The van der Waals surface area contributed by atoms with Gasteiger partial charge in [0.2, 0.25) is 0 Å². The predicted octanol–water partition coefficient (Wildman–Crippen LogP) is 1.92. The van der Waals surface area contributed by atoms with Crippen LogP contribution in [0.2, 0.25) is 0 Å². The van der Waals surface area contributed by atoms with Crippen molar-refractivity contribution in [1.29, 1.82) is 0 Å². The van der Waals surface area contributed by atoms with Crippen LogP contribution < -0.4 is 5.32 Å². The van der Waals surface area contributed by atoms with E-state index in [1.165, 1.54) is 11.8 Å². The zero-order chi connectivity index (χ0) is 18.7. The second-order valence-corrected chi connectivity index (χ2v) is 8.78. The van der Waals surface area contributed by atoms with Crippen LogP contribution >= 0.6 is 11.8 Å². The van der Waals surface area contributed by atoms with Crippen molar-refractivity contribution in [3.05, 3.63) is 35.9 Å². The van der Waals surface area contributed by atoms with E-state index in [0.29, 0.717) is 6.42 Å². The molecule has 25 heavy (non-hydrogen) atoms. The lowest BCUT2D eigenvalue weighted by molar-refractivity contribution is -0.138. The summed E-state index contributed by atoms with van der Waals surface area (Å²) in [5.74, 6) is -0.721. The molecule has 0 radical (unpaired) electrons. The molecule has 1 unspecified atom stereocenters. The summed E-state index contributed by atoms with van der Waals surface area (Å²) in [5.41, 5.74) is 0.792. The molecule has 7 nitrogen and oxygen atoms in total. The summed E-state index contributed by atoms with van der Waals surface area (Å²) in [7, 11) is -3.09. The number of hydrogen-bond donors (Lipinski definition) is 2. The Balaban J connectivity index is 2.36. The average molecular weight is 389 g/mol. The van der Waals surface area contributed by atoms with Gasteiger partial charge < -0.3 is 15.2 Å². The van der Waals surface area contributed by atoms with Crippen molar-refractivity contribution in [2.24, 2.45) is 0 Å². The highest BCUT2D eigenvalue weighted by molar-refractivity contribution is 8.00. The maximum atomic E-state index is 11.7. The number of ether oxygens (including phenoxy) is 1. The first-order valence-corrected chi connectivity index (χ1v) is 10.8. The number of hydrogen-bond acceptors (Lipinski definition) is 6. The molecular weight excluding hydrogens is 366 g/mol. The molecule has 0 saturated carbocycles. The number of carboxylic acids is 1. The summed E-state index contributed by atoms with van der Waals surface area (Å²) in [6.45, 7) is 1.83. The van der Waals surface area contributed by atoms with Gasteiger partial charge in [-0.05, 0) is 12.0 Å². The van der Waals surface area contributed by atoms with Crippen molar-refractivity contribution < 1.29 is 27.9 Å². The van der Waals surface area contributed by atoms with Gasteiger partial charge in [-0.1, -0.05) is 37.3 Å². The number of amides is 1. The summed E-state index contributed by atoms with van der Waals surface area (Å²) in [5, 5.41) is 11.4. The van der Waals surface area contributed by atoms with Crippen LogP contribution in [0, 0.1) is 0 Å². The Labute approximate surface area is 152 Å². The normalized spacial score (nSPS) is 12.4. The third-order valence-corrected chi connectivity index (χ3v) is 6.32. The van der Waals surface area contributed by atoms with Gasteiger partial charge in [0.25, 0.3) is 0 Å². The summed E-state index contributed by atoms with van der Waals surface area (Å²) >= 11 is 1.17. The fourth-order valence-electron chi connectivity index (χ4n) is 1.88. The van der Waals surface area contributed by atoms with Crippen molar-refractivity contribution in [2.75, 3.05) is 23.0 Å². The van der Waals surface area contributed by atoms with E-state index in [0.717, 1.165) is 5.56 Å². The highest BCUT2D eigenvalue weighted by Crippen LogP contribution is 2.07. The number of carbonyl (C=O) groups is 2. The maximum Gasteiger partial charge on any atom is 0.408 e. The van der Waals surface area contributed by atoms with E-state index >= 15 is 0 Å². The number of rotatable bonds is 11. The molecule has 1 aromatic carbocycles. The molecule has 140 valence electrons. The minimum Gasteiger partial charge on any atom is -0.480 e. The number of alkyl carbamates (subject to hydrolysis) is 1. The molecule has 0 aromatic heterocycles. The highest BCUT2D eigenvalue weighted by atomic mass is 32.2. The van der Waals surface area contributed by atoms with Crippen molar-refractivity contribution >= 4 is 33.7 Å². The van der Waals surface area contributed by atoms with Gasteiger partial charge in [0.05, 0.1) is 5.75 Å². The van der Waals surface area contributed by atoms with E-state index in [-0.39, 0.29) is 29.6 Å². The molecule has 0 aliphatic rings. The third kappa shape index (κ3) is 9.35.